The monoisotopic (exact) mass is 560 g/mol. The van der Waals surface area contributed by atoms with E-state index in [1.54, 1.807) is 13.0 Å². The number of carbonyl (C=O) groups is 4. The highest BCUT2D eigenvalue weighted by Gasteiger charge is 2.53. The van der Waals surface area contributed by atoms with E-state index >= 15 is 0 Å². The lowest BCUT2D eigenvalue weighted by Crippen LogP contribution is -2.63. The molecule has 1 saturated heterocycles. The normalized spacial score (nSPS) is 22.5. The van der Waals surface area contributed by atoms with Gasteiger partial charge in [0.1, 0.15) is 12.7 Å². The minimum absolute atomic E-state index is 0.0275. The largest absolute Gasteiger partial charge is 0.463 e. The number of esters is 4. The van der Waals surface area contributed by atoms with Crippen LogP contribution in [0.2, 0.25) is 0 Å². The molecule has 3 aromatic rings. The van der Waals surface area contributed by atoms with Crippen LogP contribution in [0.3, 0.4) is 0 Å². The van der Waals surface area contributed by atoms with Gasteiger partial charge in [-0.25, -0.2) is 4.79 Å². The molecule has 3 heterocycles. The highest BCUT2D eigenvalue weighted by atomic mass is 16.7. The maximum Gasteiger partial charge on any atom is 0.336 e. The summed E-state index contributed by atoms with van der Waals surface area (Å²) in [6.07, 6.45) is -5.59. The van der Waals surface area contributed by atoms with Crippen LogP contribution in [0.15, 0.2) is 32.0 Å². The molecule has 0 radical (unpaired) electrons. The zero-order chi connectivity index (χ0) is 29.3. The molecule has 0 spiro atoms. The molecule has 1 aliphatic heterocycles. The Kier molecular flexibility index (Phi) is 8.14. The molecule has 13 nitrogen and oxygen atoms in total. The minimum atomic E-state index is -1.55. The second kappa shape index (κ2) is 11.4. The van der Waals surface area contributed by atoms with Gasteiger partial charge in [-0.1, -0.05) is 0 Å². The van der Waals surface area contributed by atoms with Crippen molar-refractivity contribution in [3.05, 3.63) is 39.9 Å². The Hall–Kier alpha value is -4.39. The van der Waals surface area contributed by atoms with Crippen LogP contribution < -0.4 is 10.4 Å². The van der Waals surface area contributed by atoms with E-state index in [4.69, 9.17) is 37.3 Å². The van der Waals surface area contributed by atoms with Gasteiger partial charge in [-0.05, 0) is 31.0 Å². The molecule has 5 atom stereocenters. The van der Waals surface area contributed by atoms with Gasteiger partial charge < -0.3 is 37.3 Å². The van der Waals surface area contributed by atoms with E-state index in [0.29, 0.717) is 16.3 Å². The molecule has 214 valence electrons. The summed E-state index contributed by atoms with van der Waals surface area (Å²) in [6, 6.07) is 3.10. The zero-order valence-corrected chi connectivity index (χ0v) is 22.6. The SMILES string of the molecule is CC(=O)OC[C@H]1O[C@@H](Oc2c3occ(C)c3cc3c(C)cc(=O)oc23)[C@H](OC(C)=O)[C@@H](OC(C)=O)[C@H]1OC(C)=O. The van der Waals surface area contributed by atoms with Crippen LogP contribution in [0.1, 0.15) is 38.8 Å². The summed E-state index contributed by atoms with van der Waals surface area (Å²) < 4.78 is 44.9. The maximum atomic E-state index is 12.3. The number of benzene rings is 1. The Labute approximate surface area is 227 Å². The smallest absolute Gasteiger partial charge is 0.336 e. The van der Waals surface area contributed by atoms with Crippen LogP contribution in [-0.2, 0) is 42.9 Å². The van der Waals surface area contributed by atoms with Crippen LogP contribution in [0.5, 0.6) is 5.75 Å². The molecule has 1 aliphatic rings. The molecule has 0 saturated carbocycles. The molecule has 0 unspecified atom stereocenters. The predicted octanol–water partition coefficient (Wildman–Crippen LogP) is 2.62. The van der Waals surface area contributed by atoms with Gasteiger partial charge in [-0.3, -0.25) is 19.2 Å². The van der Waals surface area contributed by atoms with Crippen molar-refractivity contribution in [3.8, 4) is 5.75 Å². The highest BCUT2D eigenvalue weighted by molar-refractivity contribution is 6.02. The van der Waals surface area contributed by atoms with Crippen molar-refractivity contribution in [2.24, 2.45) is 0 Å². The summed E-state index contributed by atoms with van der Waals surface area (Å²) in [5, 5.41) is 1.18. The van der Waals surface area contributed by atoms with E-state index in [2.05, 4.69) is 0 Å². The molecule has 4 rings (SSSR count). The number of aryl methyl sites for hydroxylation is 2. The fraction of sp³-hybridized carbons (Fsp3) is 0.444. The molecule has 0 N–H and O–H groups in total. The van der Waals surface area contributed by atoms with Crippen molar-refractivity contribution in [2.45, 2.75) is 72.2 Å². The van der Waals surface area contributed by atoms with E-state index in [1.165, 1.54) is 19.3 Å². The Morgan fingerprint density at radius 1 is 0.775 bits per heavy atom. The summed E-state index contributed by atoms with van der Waals surface area (Å²) in [5.41, 5.74) is 0.930. The van der Waals surface area contributed by atoms with Crippen molar-refractivity contribution >= 4 is 45.8 Å². The quantitative estimate of drug-likeness (QED) is 0.235. The van der Waals surface area contributed by atoms with Crippen molar-refractivity contribution in [3.63, 3.8) is 0 Å². The number of hydrogen-bond donors (Lipinski definition) is 0. The molecule has 40 heavy (non-hydrogen) atoms. The van der Waals surface area contributed by atoms with E-state index in [-0.39, 0.29) is 16.9 Å². The average molecular weight is 561 g/mol. The Balaban J connectivity index is 1.89. The van der Waals surface area contributed by atoms with Gasteiger partial charge in [-0.15, -0.1) is 0 Å². The number of furan rings is 1. The predicted molar refractivity (Wildman–Crippen MR) is 134 cm³/mol. The topological polar surface area (TPSA) is 167 Å². The van der Waals surface area contributed by atoms with Crippen LogP contribution >= 0.6 is 0 Å². The first-order valence-electron chi connectivity index (χ1n) is 12.3. The van der Waals surface area contributed by atoms with Crippen molar-refractivity contribution in [1.29, 1.82) is 0 Å². The number of rotatable bonds is 7. The first-order chi connectivity index (χ1) is 18.8. The summed E-state index contributed by atoms with van der Waals surface area (Å²) >= 11 is 0. The van der Waals surface area contributed by atoms with E-state index in [9.17, 15) is 24.0 Å². The third-order valence-corrected chi connectivity index (χ3v) is 6.11. The number of ether oxygens (including phenoxy) is 6. The lowest BCUT2D eigenvalue weighted by Gasteiger charge is -2.43. The molecule has 13 heteroatoms. The molecule has 0 amide bonds. The van der Waals surface area contributed by atoms with Crippen LogP contribution in [0.4, 0.5) is 0 Å². The van der Waals surface area contributed by atoms with Gasteiger partial charge in [0.2, 0.25) is 18.1 Å². The third-order valence-electron chi connectivity index (χ3n) is 6.11. The third kappa shape index (κ3) is 5.93. The molecule has 0 bridgehead atoms. The Morgan fingerprint density at radius 2 is 1.38 bits per heavy atom. The van der Waals surface area contributed by atoms with Crippen LogP contribution in [0, 0.1) is 13.8 Å². The van der Waals surface area contributed by atoms with Gasteiger partial charge in [-0.2, -0.15) is 0 Å². The van der Waals surface area contributed by atoms with Crippen molar-refractivity contribution in [2.75, 3.05) is 6.61 Å². The lowest BCUT2D eigenvalue weighted by atomic mass is 9.98. The molecular weight excluding hydrogens is 532 g/mol. The fourth-order valence-electron chi connectivity index (χ4n) is 4.53. The Bertz CT molecular complexity index is 1530. The highest BCUT2D eigenvalue weighted by Crippen LogP contribution is 2.40. The molecule has 0 aliphatic carbocycles. The summed E-state index contributed by atoms with van der Waals surface area (Å²) in [4.78, 5) is 60.1. The number of fused-ring (bicyclic) bond motifs is 2. The van der Waals surface area contributed by atoms with Gasteiger partial charge in [0.25, 0.3) is 0 Å². The number of hydrogen-bond acceptors (Lipinski definition) is 13. The Morgan fingerprint density at radius 3 is 2.00 bits per heavy atom. The van der Waals surface area contributed by atoms with Gasteiger partial charge in [0, 0.05) is 44.5 Å². The average Bonchev–Trinajstić information content (AvgIpc) is 3.21. The van der Waals surface area contributed by atoms with E-state index in [1.807, 2.05) is 6.92 Å². The molecule has 1 aromatic carbocycles. The first kappa shape index (κ1) is 28.6. The van der Waals surface area contributed by atoms with E-state index < -0.39 is 66.8 Å². The lowest BCUT2D eigenvalue weighted by molar-refractivity contribution is -0.288. The molecule has 2 aromatic heterocycles. The van der Waals surface area contributed by atoms with Gasteiger partial charge in [0.05, 0.1) is 6.26 Å². The van der Waals surface area contributed by atoms with Gasteiger partial charge in [0.15, 0.2) is 23.4 Å². The first-order valence-corrected chi connectivity index (χ1v) is 12.3. The molecular formula is C27H28O13. The fourth-order valence-corrected chi connectivity index (χ4v) is 4.53. The van der Waals surface area contributed by atoms with Crippen molar-refractivity contribution < 1.29 is 56.4 Å². The minimum Gasteiger partial charge on any atom is -0.463 e. The molecule has 1 fully saturated rings. The van der Waals surface area contributed by atoms with Crippen LogP contribution in [0.25, 0.3) is 21.9 Å². The zero-order valence-electron chi connectivity index (χ0n) is 22.6. The van der Waals surface area contributed by atoms with E-state index in [0.717, 1.165) is 26.3 Å². The number of carbonyl (C=O) groups excluding carboxylic acids is 4. The standard InChI is InChI=1S/C27H28O13/c1-11-7-20(32)39-22-17(11)8-18-12(2)9-34-21(18)24(22)40-27-26(37-16(6)31)25(36-15(5)30)23(35-14(4)29)19(38-27)10-33-13(3)28/h7-9,19,23,25-27H,10H2,1-6H3/t19-,23+,25+,26-,27+/m1/s1. The summed E-state index contributed by atoms with van der Waals surface area (Å²) in [6.45, 7) is 7.60. The second-order valence-corrected chi connectivity index (χ2v) is 9.31. The second-order valence-electron chi connectivity index (χ2n) is 9.31. The summed E-state index contributed by atoms with van der Waals surface area (Å²) in [7, 11) is 0. The summed E-state index contributed by atoms with van der Waals surface area (Å²) in [5.74, 6) is -3.06. The van der Waals surface area contributed by atoms with Gasteiger partial charge >= 0.3 is 29.5 Å². The maximum absolute atomic E-state index is 12.3. The van der Waals surface area contributed by atoms with Crippen molar-refractivity contribution in [1.82, 2.24) is 0 Å². The van der Waals surface area contributed by atoms with Crippen LogP contribution in [-0.4, -0.2) is 61.2 Å².